The highest BCUT2D eigenvalue weighted by molar-refractivity contribution is 5.84. The lowest BCUT2D eigenvalue weighted by molar-refractivity contribution is -0.141. The second-order valence-corrected chi connectivity index (χ2v) is 5.96. The fourth-order valence-corrected chi connectivity index (χ4v) is 3.11. The Balaban J connectivity index is 2.09. The predicted molar refractivity (Wildman–Crippen MR) is 88.8 cm³/mol. The van der Waals surface area contributed by atoms with Crippen molar-refractivity contribution in [1.82, 2.24) is 10.2 Å². The van der Waals surface area contributed by atoms with Crippen LogP contribution in [-0.4, -0.2) is 43.5 Å². The summed E-state index contributed by atoms with van der Waals surface area (Å²) in [6.45, 7) is 3.68. The summed E-state index contributed by atoms with van der Waals surface area (Å²) < 4.78 is 19.5. The van der Waals surface area contributed by atoms with Gasteiger partial charge < -0.3 is 15.0 Å². The number of rotatable bonds is 7. The SMILES string of the molecule is CCOCCCNC(=O)[C@H]1CCC(=O)N(C)[C@H]1c1ccccc1F. The Labute approximate surface area is 142 Å². The summed E-state index contributed by atoms with van der Waals surface area (Å²) in [5.41, 5.74) is 0.391. The topological polar surface area (TPSA) is 58.6 Å². The van der Waals surface area contributed by atoms with E-state index in [1.165, 1.54) is 11.0 Å². The van der Waals surface area contributed by atoms with Gasteiger partial charge in [0.1, 0.15) is 5.82 Å². The molecule has 1 N–H and O–H groups in total. The first kappa shape index (κ1) is 18.4. The number of likely N-dealkylation sites (tertiary alicyclic amines) is 1. The van der Waals surface area contributed by atoms with Gasteiger partial charge >= 0.3 is 0 Å². The molecule has 24 heavy (non-hydrogen) atoms. The fourth-order valence-electron chi connectivity index (χ4n) is 3.11. The van der Waals surface area contributed by atoms with E-state index in [1.807, 2.05) is 6.92 Å². The predicted octanol–water partition coefficient (Wildman–Crippen LogP) is 2.28. The van der Waals surface area contributed by atoms with Gasteiger partial charge in [0.15, 0.2) is 0 Å². The number of amides is 2. The van der Waals surface area contributed by atoms with E-state index in [0.29, 0.717) is 38.2 Å². The van der Waals surface area contributed by atoms with Crippen LogP contribution in [0.3, 0.4) is 0 Å². The van der Waals surface area contributed by atoms with Crippen molar-refractivity contribution in [2.45, 2.75) is 32.2 Å². The van der Waals surface area contributed by atoms with Gasteiger partial charge in [0.05, 0.1) is 12.0 Å². The van der Waals surface area contributed by atoms with Crippen LogP contribution in [0.4, 0.5) is 4.39 Å². The van der Waals surface area contributed by atoms with Gasteiger partial charge in [-0.2, -0.15) is 0 Å². The zero-order valence-electron chi connectivity index (χ0n) is 14.3. The van der Waals surface area contributed by atoms with E-state index in [9.17, 15) is 14.0 Å². The van der Waals surface area contributed by atoms with Crippen LogP contribution in [0.2, 0.25) is 0 Å². The molecule has 1 fully saturated rings. The molecule has 0 unspecified atom stereocenters. The van der Waals surface area contributed by atoms with Crippen LogP contribution in [0, 0.1) is 11.7 Å². The van der Waals surface area contributed by atoms with Crippen LogP contribution in [0.5, 0.6) is 0 Å². The molecule has 6 heteroatoms. The molecule has 0 spiro atoms. The smallest absolute Gasteiger partial charge is 0.225 e. The second kappa shape index (κ2) is 8.78. The largest absolute Gasteiger partial charge is 0.382 e. The van der Waals surface area contributed by atoms with Gasteiger partial charge in [-0.05, 0) is 25.8 Å². The molecule has 0 saturated carbocycles. The number of carbonyl (C=O) groups excluding carboxylic acids is 2. The molecule has 1 saturated heterocycles. The summed E-state index contributed by atoms with van der Waals surface area (Å²) in [4.78, 5) is 26.1. The van der Waals surface area contributed by atoms with Gasteiger partial charge in [-0.3, -0.25) is 9.59 Å². The van der Waals surface area contributed by atoms with Crippen molar-refractivity contribution in [3.05, 3.63) is 35.6 Å². The van der Waals surface area contributed by atoms with Crippen LogP contribution in [0.15, 0.2) is 24.3 Å². The summed E-state index contributed by atoms with van der Waals surface area (Å²) in [7, 11) is 1.63. The zero-order chi connectivity index (χ0) is 17.5. The maximum atomic E-state index is 14.2. The maximum Gasteiger partial charge on any atom is 0.225 e. The molecule has 5 nitrogen and oxygen atoms in total. The molecule has 132 valence electrons. The number of hydrogen-bond donors (Lipinski definition) is 1. The van der Waals surface area contributed by atoms with E-state index in [1.54, 1.807) is 25.2 Å². The molecule has 1 heterocycles. The number of carbonyl (C=O) groups is 2. The Morgan fingerprint density at radius 2 is 2.17 bits per heavy atom. The van der Waals surface area contributed by atoms with E-state index in [-0.39, 0.29) is 11.8 Å². The molecule has 2 amide bonds. The normalized spacial score (nSPS) is 21.0. The minimum absolute atomic E-state index is 0.0661. The first-order valence-electron chi connectivity index (χ1n) is 8.41. The van der Waals surface area contributed by atoms with E-state index in [4.69, 9.17) is 4.74 Å². The average Bonchev–Trinajstić information content (AvgIpc) is 2.57. The monoisotopic (exact) mass is 336 g/mol. The third kappa shape index (κ3) is 4.32. The van der Waals surface area contributed by atoms with E-state index in [2.05, 4.69) is 5.32 Å². The molecule has 0 aliphatic carbocycles. The molecule has 1 aromatic rings. The van der Waals surface area contributed by atoms with Crippen molar-refractivity contribution in [2.24, 2.45) is 5.92 Å². The lowest BCUT2D eigenvalue weighted by Crippen LogP contribution is -2.46. The molecule has 0 aromatic heterocycles. The van der Waals surface area contributed by atoms with Crippen LogP contribution in [0.1, 0.15) is 37.8 Å². The number of halogens is 1. The van der Waals surface area contributed by atoms with Crippen molar-refractivity contribution in [3.63, 3.8) is 0 Å². The molecule has 1 aromatic carbocycles. The van der Waals surface area contributed by atoms with E-state index in [0.717, 1.165) is 6.42 Å². The molecule has 1 aliphatic rings. The first-order chi connectivity index (χ1) is 11.6. The van der Waals surface area contributed by atoms with Gasteiger partial charge in [0.2, 0.25) is 11.8 Å². The Hall–Kier alpha value is -1.95. The van der Waals surface area contributed by atoms with Crippen molar-refractivity contribution >= 4 is 11.8 Å². The molecule has 2 rings (SSSR count). The van der Waals surface area contributed by atoms with Crippen LogP contribution < -0.4 is 5.32 Å². The van der Waals surface area contributed by atoms with Crippen LogP contribution in [0.25, 0.3) is 0 Å². The van der Waals surface area contributed by atoms with Crippen LogP contribution >= 0.6 is 0 Å². The van der Waals surface area contributed by atoms with Gasteiger partial charge in [-0.15, -0.1) is 0 Å². The Bertz CT molecular complexity index is 579. The highest BCUT2D eigenvalue weighted by atomic mass is 19.1. The van der Waals surface area contributed by atoms with Crippen molar-refractivity contribution in [1.29, 1.82) is 0 Å². The Morgan fingerprint density at radius 1 is 1.42 bits per heavy atom. The fraction of sp³-hybridized carbons (Fsp3) is 0.556. The Morgan fingerprint density at radius 3 is 2.88 bits per heavy atom. The number of nitrogens with one attached hydrogen (secondary N) is 1. The van der Waals surface area contributed by atoms with E-state index < -0.39 is 17.8 Å². The summed E-state index contributed by atoms with van der Waals surface area (Å²) in [6, 6.07) is 5.76. The molecule has 0 bridgehead atoms. The third-order valence-electron chi connectivity index (χ3n) is 4.39. The summed E-state index contributed by atoms with van der Waals surface area (Å²) >= 11 is 0. The average molecular weight is 336 g/mol. The second-order valence-electron chi connectivity index (χ2n) is 5.96. The van der Waals surface area contributed by atoms with Gasteiger partial charge in [-0.1, -0.05) is 18.2 Å². The molecule has 0 radical (unpaired) electrons. The standard InChI is InChI=1S/C18H25FN2O3/c1-3-24-12-6-11-20-18(23)14-9-10-16(22)21(2)17(14)13-7-4-5-8-15(13)19/h4-5,7-8,14,17H,3,6,9-12H2,1-2H3,(H,20,23)/t14-,17-/m0/s1. The van der Waals surface area contributed by atoms with Crippen molar-refractivity contribution < 1.29 is 18.7 Å². The van der Waals surface area contributed by atoms with Crippen LogP contribution in [-0.2, 0) is 14.3 Å². The summed E-state index contributed by atoms with van der Waals surface area (Å²) in [5, 5.41) is 2.89. The number of piperidine rings is 1. The lowest BCUT2D eigenvalue weighted by Gasteiger charge is -2.38. The number of nitrogens with zero attached hydrogens (tertiary/aromatic N) is 1. The minimum Gasteiger partial charge on any atom is -0.382 e. The zero-order valence-corrected chi connectivity index (χ0v) is 14.3. The first-order valence-corrected chi connectivity index (χ1v) is 8.41. The lowest BCUT2D eigenvalue weighted by atomic mass is 9.83. The minimum atomic E-state index is -0.570. The highest BCUT2D eigenvalue weighted by Gasteiger charge is 2.39. The molecule has 1 aliphatic heterocycles. The third-order valence-corrected chi connectivity index (χ3v) is 4.39. The Kier molecular flexibility index (Phi) is 6.73. The van der Waals surface area contributed by atoms with Gasteiger partial charge in [-0.25, -0.2) is 4.39 Å². The molecular weight excluding hydrogens is 311 g/mol. The summed E-state index contributed by atoms with van der Waals surface area (Å²) in [5.74, 6) is -1.04. The number of hydrogen-bond acceptors (Lipinski definition) is 3. The van der Waals surface area contributed by atoms with E-state index >= 15 is 0 Å². The quantitative estimate of drug-likeness (QED) is 0.777. The number of ether oxygens (including phenoxy) is 1. The van der Waals surface area contributed by atoms with Gasteiger partial charge in [0.25, 0.3) is 0 Å². The summed E-state index contributed by atoms with van der Waals surface area (Å²) in [6.07, 6.45) is 1.46. The number of benzene rings is 1. The maximum absolute atomic E-state index is 14.2. The van der Waals surface area contributed by atoms with Crippen molar-refractivity contribution in [2.75, 3.05) is 26.8 Å². The molecular formula is C18H25FN2O3. The van der Waals surface area contributed by atoms with Gasteiger partial charge in [0, 0.05) is 38.8 Å². The highest BCUT2D eigenvalue weighted by Crippen LogP contribution is 2.36. The molecule has 2 atom stereocenters. The van der Waals surface area contributed by atoms with Crippen molar-refractivity contribution in [3.8, 4) is 0 Å².